The van der Waals surface area contributed by atoms with E-state index in [9.17, 15) is 4.79 Å². The number of amides is 2. The number of nitrogens with one attached hydrogen (secondary N) is 2. The molecule has 2 aliphatic rings. The molecule has 2 saturated heterocycles. The Morgan fingerprint density at radius 2 is 2.33 bits per heavy atom. The van der Waals surface area contributed by atoms with E-state index in [4.69, 9.17) is 4.74 Å². The minimum Gasteiger partial charge on any atom is -0.374 e. The summed E-state index contributed by atoms with van der Waals surface area (Å²) in [6, 6.07) is 0.494. The first-order valence-electron chi connectivity index (χ1n) is 5.51. The summed E-state index contributed by atoms with van der Waals surface area (Å²) in [5.41, 5.74) is 0. The Morgan fingerprint density at radius 1 is 1.53 bits per heavy atom. The van der Waals surface area contributed by atoms with Gasteiger partial charge >= 0.3 is 6.03 Å². The van der Waals surface area contributed by atoms with Crippen molar-refractivity contribution in [2.24, 2.45) is 0 Å². The molecule has 0 bridgehead atoms. The summed E-state index contributed by atoms with van der Waals surface area (Å²) in [4.78, 5) is 13.1. The lowest BCUT2D eigenvalue weighted by molar-refractivity contribution is -0.00131. The molecule has 0 saturated carbocycles. The highest BCUT2D eigenvalue weighted by molar-refractivity contribution is 5.74. The number of hydrogen-bond acceptors (Lipinski definition) is 3. The van der Waals surface area contributed by atoms with Crippen molar-refractivity contribution in [1.29, 1.82) is 0 Å². The molecule has 0 unspecified atom stereocenters. The standard InChI is InChI=1S/C10H19N3O2/c1-13(2)10(14)12-8-6-11-7-4-3-5-15-9(7)8/h7-9,11H,3-6H2,1-2H3,(H,12,14)/t7-,8-,9+/m1/s1. The predicted octanol–water partition coefficient (Wildman–Crippen LogP) is -0.223. The van der Waals surface area contributed by atoms with E-state index < -0.39 is 0 Å². The molecule has 0 aromatic heterocycles. The Kier molecular flexibility index (Phi) is 3.11. The van der Waals surface area contributed by atoms with Crippen molar-refractivity contribution in [2.45, 2.75) is 31.0 Å². The maximum atomic E-state index is 11.5. The Balaban J connectivity index is 1.90. The Hall–Kier alpha value is -0.810. The van der Waals surface area contributed by atoms with Gasteiger partial charge in [-0.15, -0.1) is 0 Å². The molecule has 2 rings (SSSR count). The average molecular weight is 213 g/mol. The van der Waals surface area contributed by atoms with Crippen LogP contribution in [0.25, 0.3) is 0 Å². The number of hydrogen-bond donors (Lipinski definition) is 2. The number of nitrogens with zero attached hydrogens (tertiary/aromatic N) is 1. The summed E-state index contributed by atoms with van der Waals surface area (Å²) in [6.07, 6.45) is 2.42. The van der Waals surface area contributed by atoms with Crippen molar-refractivity contribution in [1.82, 2.24) is 15.5 Å². The van der Waals surface area contributed by atoms with Crippen LogP contribution in [0.5, 0.6) is 0 Å². The molecule has 3 atom stereocenters. The average Bonchev–Trinajstić information content (AvgIpc) is 2.62. The van der Waals surface area contributed by atoms with Crippen LogP contribution in [-0.2, 0) is 4.74 Å². The van der Waals surface area contributed by atoms with E-state index >= 15 is 0 Å². The summed E-state index contributed by atoms with van der Waals surface area (Å²) < 4.78 is 5.70. The van der Waals surface area contributed by atoms with Crippen molar-refractivity contribution in [2.75, 3.05) is 27.2 Å². The largest absolute Gasteiger partial charge is 0.374 e. The molecule has 2 N–H and O–H groups in total. The second kappa shape index (κ2) is 4.37. The molecule has 2 fully saturated rings. The van der Waals surface area contributed by atoms with E-state index in [2.05, 4.69) is 10.6 Å². The summed E-state index contributed by atoms with van der Waals surface area (Å²) in [5, 5.41) is 6.37. The van der Waals surface area contributed by atoms with Crippen LogP contribution in [0.15, 0.2) is 0 Å². The van der Waals surface area contributed by atoms with E-state index in [0.29, 0.717) is 6.04 Å². The van der Waals surface area contributed by atoms with Crippen LogP contribution in [0.1, 0.15) is 12.8 Å². The van der Waals surface area contributed by atoms with Gasteiger partial charge in [-0.05, 0) is 12.8 Å². The summed E-state index contributed by atoms with van der Waals surface area (Å²) in [5.74, 6) is 0. The molecular formula is C10H19N3O2. The Morgan fingerprint density at radius 3 is 3.07 bits per heavy atom. The fourth-order valence-electron chi connectivity index (χ4n) is 2.23. The third kappa shape index (κ3) is 2.23. The highest BCUT2D eigenvalue weighted by atomic mass is 16.5. The number of urea groups is 1. The number of carbonyl (C=O) groups excluding carboxylic acids is 1. The molecule has 5 nitrogen and oxygen atoms in total. The van der Waals surface area contributed by atoms with Gasteiger partial charge in [0.05, 0.1) is 12.1 Å². The van der Waals surface area contributed by atoms with E-state index in [1.54, 1.807) is 19.0 Å². The zero-order valence-electron chi connectivity index (χ0n) is 9.32. The van der Waals surface area contributed by atoms with Gasteiger partial charge in [0.1, 0.15) is 0 Å². The fourth-order valence-corrected chi connectivity index (χ4v) is 2.23. The van der Waals surface area contributed by atoms with Gasteiger partial charge in [0.25, 0.3) is 0 Å². The molecule has 0 aromatic carbocycles. The van der Waals surface area contributed by atoms with Crippen LogP contribution in [0, 0.1) is 0 Å². The van der Waals surface area contributed by atoms with Gasteiger partial charge in [-0.25, -0.2) is 4.79 Å². The lowest BCUT2D eigenvalue weighted by Crippen LogP contribution is -2.50. The van der Waals surface area contributed by atoms with Crippen LogP contribution in [0.3, 0.4) is 0 Å². The van der Waals surface area contributed by atoms with E-state index in [1.165, 1.54) is 0 Å². The molecule has 0 aliphatic carbocycles. The van der Waals surface area contributed by atoms with Crippen molar-refractivity contribution < 1.29 is 9.53 Å². The maximum Gasteiger partial charge on any atom is 0.317 e. The van der Waals surface area contributed by atoms with Crippen molar-refractivity contribution in [3.8, 4) is 0 Å². The quantitative estimate of drug-likeness (QED) is 0.633. The first kappa shape index (κ1) is 10.7. The maximum absolute atomic E-state index is 11.5. The van der Waals surface area contributed by atoms with Gasteiger partial charge in [0, 0.05) is 33.3 Å². The second-order valence-electron chi connectivity index (χ2n) is 4.44. The van der Waals surface area contributed by atoms with Crippen LogP contribution < -0.4 is 10.6 Å². The van der Waals surface area contributed by atoms with E-state index in [0.717, 1.165) is 26.0 Å². The summed E-state index contributed by atoms with van der Waals surface area (Å²) >= 11 is 0. The highest BCUT2D eigenvalue weighted by Gasteiger charge is 2.39. The second-order valence-corrected chi connectivity index (χ2v) is 4.44. The molecule has 2 amide bonds. The topological polar surface area (TPSA) is 53.6 Å². The minimum absolute atomic E-state index is 0.0448. The Labute approximate surface area is 90.1 Å². The molecule has 0 spiro atoms. The van der Waals surface area contributed by atoms with Gasteiger partial charge in [-0.2, -0.15) is 0 Å². The highest BCUT2D eigenvalue weighted by Crippen LogP contribution is 2.21. The number of ether oxygens (including phenoxy) is 1. The lowest BCUT2D eigenvalue weighted by Gasteiger charge is -2.29. The van der Waals surface area contributed by atoms with Crippen molar-refractivity contribution in [3.05, 3.63) is 0 Å². The van der Waals surface area contributed by atoms with Crippen molar-refractivity contribution in [3.63, 3.8) is 0 Å². The minimum atomic E-state index is -0.0448. The molecule has 2 heterocycles. The fraction of sp³-hybridized carbons (Fsp3) is 0.900. The molecule has 15 heavy (non-hydrogen) atoms. The monoisotopic (exact) mass is 213 g/mol. The molecule has 5 heteroatoms. The molecule has 2 aliphatic heterocycles. The van der Waals surface area contributed by atoms with Gasteiger partial charge < -0.3 is 20.3 Å². The SMILES string of the molecule is CN(C)C(=O)N[C@@H]1CN[C@@H]2CCCO[C@@H]21. The lowest BCUT2D eigenvalue weighted by atomic mass is 10.0. The van der Waals surface area contributed by atoms with Gasteiger partial charge in [0.15, 0.2) is 0 Å². The number of carbonyl (C=O) groups is 1. The van der Waals surface area contributed by atoms with Gasteiger partial charge in [0.2, 0.25) is 0 Å². The number of rotatable bonds is 1. The number of fused-ring (bicyclic) bond motifs is 1. The zero-order chi connectivity index (χ0) is 10.8. The first-order valence-corrected chi connectivity index (χ1v) is 5.51. The van der Waals surface area contributed by atoms with E-state index in [1.807, 2.05) is 0 Å². The first-order chi connectivity index (χ1) is 7.18. The molecule has 0 aromatic rings. The van der Waals surface area contributed by atoms with Crippen molar-refractivity contribution >= 4 is 6.03 Å². The van der Waals surface area contributed by atoms with Gasteiger partial charge in [-0.1, -0.05) is 0 Å². The Bertz CT molecular complexity index is 245. The third-order valence-electron chi connectivity index (χ3n) is 3.08. The van der Waals surface area contributed by atoms with Crippen LogP contribution in [-0.4, -0.2) is 56.4 Å². The molecule has 86 valence electrons. The summed E-state index contributed by atoms with van der Waals surface area (Å²) in [6.45, 7) is 1.63. The zero-order valence-corrected chi connectivity index (χ0v) is 9.32. The normalized spacial score (nSPS) is 34.7. The van der Waals surface area contributed by atoms with E-state index in [-0.39, 0.29) is 18.2 Å². The van der Waals surface area contributed by atoms with Crippen LogP contribution in [0.2, 0.25) is 0 Å². The predicted molar refractivity (Wildman–Crippen MR) is 56.8 cm³/mol. The molecular weight excluding hydrogens is 194 g/mol. The van der Waals surface area contributed by atoms with Crippen LogP contribution >= 0.6 is 0 Å². The summed E-state index contributed by atoms with van der Waals surface area (Å²) in [7, 11) is 3.49. The van der Waals surface area contributed by atoms with Gasteiger partial charge in [-0.3, -0.25) is 0 Å². The smallest absolute Gasteiger partial charge is 0.317 e. The molecule has 0 radical (unpaired) electrons. The van der Waals surface area contributed by atoms with Crippen LogP contribution in [0.4, 0.5) is 4.79 Å². The third-order valence-corrected chi connectivity index (χ3v) is 3.08.